The molecule has 2 aromatic carbocycles. The van der Waals surface area contributed by atoms with E-state index in [-0.39, 0.29) is 29.9 Å². The number of rotatable bonds is 5. The maximum absolute atomic E-state index is 13.5. The number of nitro benzene ring substituents is 1. The number of carbonyl (C=O) groups is 2. The Labute approximate surface area is 202 Å². The van der Waals surface area contributed by atoms with Gasteiger partial charge in [-0.05, 0) is 44.0 Å². The highest BCUT2D eigenvalue weighted by atomic mass is 35.5. The average molecular weight is 481 g/mol. The van der Waals surface area contributed by atoms with Gasteiger partial charge in [0.1, 0.15) is 5.78 Å². The van der Waals surface area contributed by atoms with Crippen molar-refractivity contribution in [3.05, 3.63) is 97.8 Å². The van der Waals surface area contributed by atoms with Gasteiger partial charge in [-0.3, -0.25) is 14.9 Å². The molecule has 34 heavy (non-hydrogen) atoms. The number of esters is 1. The van der Waals surface area contributed by atoms with Crippen LogP contribution in [0.2, 0.25) is 5.02 Å². The second-order valence-electron chi connectivity index (χ2n) is 8.87. The number of nitro groups is 1. The van der Waals surface area contributed by atoms with E-state index in [0.29, 0.717) is 21.9 Å². The Bertz CT molecular complexity index is 1200. The lowest BCUT2D eigenvalue weighted by Crippen LogP contribution is -2.42. The van der Waals surface area contributed by atoms with Crippen molar-refractivity contribution >= 4 is 29.0 Å². The Kier molecular flexibility index (Phi) is 6.57. The van der Waals surface area contributed by atoms with Crippen LogP contribution in [0.4, 0.5) is 5.69 Å². The lowest BCUT2D eigenvalue weighted by molar-refractivity contribution is -0.384. The predicted octanol–water partition coefficient (Wildman–Crippen LogP) is 5.42. The number of halogens is 1. The highest BCUT2D eigenvalue weighted by Crippen LogP contribution is 2.46. The first-order chi connectivity index (χ1) is 16.2. The molecule has 7 nitrogen and oxygen atoms in total. The van der Waals surface area contributed by atoms with Gasteiger partial charge in [0.2, 0.25) is 0 Å². The second-order valence-corrected chi connectivity index (χ2v) is 9.31. The summed E-state index contributed by atoms with van der Waals surface area (Å²) in [6.07, 6.45) is 1.97. The standard InChI is InChI=1S/C26H25ClN2O5/c1-14(2)34-26(31)23-15(3)28-21-12-18(16-4-8-19(27)9-5-16)13-22(30)25(21)24(23)17-6-10-20(11-7-17)29(32)33/h4-12,14,18,24-25,28H,13H2,1-3H3. The fourth-order valence-corrected chi connectivity index (χ4v) is 4.84. The number of non-ortho nitro benzene ring substituents is 1. The molecule has 1 N–H and O–H groups in total. The summed E-state index contributed by atoms with van der Waals surface area (Å²) < 4.78 is 5.50. The Morgan fingerprint density at radius 2 is 1.71 bits per heavy atom. The summed E-state index contributed by atoms with van der Waals surface area (Å²) in [5.41, 5.74) is 3.25. The molecule has 0 bridgehead atoms. The van der Waals surface area contributed by atoms with Gasteiger partial charge in [0.15, 0.2) is 0 Å². The SMILES string of the molecule is CC1=C(C(=O)OC(C)C)C(c2ccc([N+](=O)[O-])cc2)C2C(=O)CC(c3ccc(Cl)cc3)C=C2N1. The van der Waals surface area contributed by atoms with E-state index in [1.165, 1.54) is 12.1 Å². The highest BCUT2D eigenvalue weighted by molar-refractivity contribution is 6.30. The molecule has 1 heterocycles. The molecule has 4 rings (SSSR count). The van der Waals surface area contributed by atoms with E-state index >= 15 is 0 Å². The zero-order valence-electron chi connectivity index (χ0n) is 19.1. The minimum Gasteiger partial charge on any atom is -0.460 e. The fraction of sp³-hybridized carbons (Fsp3) is 0.308. The minimum atomic E-state index is -0.622. The molecule has 3 unspecified atom stereocenters. The van der Waals surface area contributed by atoms with Crippen molar-refractivity contribution in [1.82, 2.24) is 5.32 Å². The number of hydrogen-bond donors (Lipinski definition) is 1. The molecule has 2 aromatic rings. The van der Waals surface area contributed by atoms with E-state index < -0.39 is 22.7 Å². The number of fused-ring (bicyclic) bond motifs is 1. The quantitative estimate of drug-likeness (QED) is 0.348. The van der Waals surface area contributed by atoms with E-state index in [4.69, 9.17) is 16.3 Å². The number of carbonyl (C=O) groups excluding carboxylic acids is 2. The van der Waals surface area contributed by atoms with Gasteiger partial charge in [0.25, 0.3) is 5.69 Å². The molecule has 8 heteroatoms. The number of ether oxygens (including phenoxy) is 1. The van der Waals surface area contributed by atoms with E-state index in [0.717, 1.165) is 11.3 Å². The molecule has 0 radical (unpaired) electrons. The van der Waals surface area contributed by atoms with Crippen LogP contribution in [0.5, 0.6) is 0 Å². The molecule has 0 aromatic heterocycles. The smallest absolute Gasteiger partial charge is 0.336 e. The number of nitrogens with zero attached hydrogens (tertiary/aromatic N) is 1. The summed E-state index contributed by atoms with van der Waals surface area (Å²) in [6, 6.07) is 13.4. The summed E-state index contributed by atoms with van der Waals surface area (Å²) in [5.74, 6) is -1.88. The first kappa shape index (κ1) is 23.7. The summed E-state index contributed by atoms with van der Waals surface area (Å²) >= 11 is 6.02. The fourth-order valence-electron chi connectivity index (χ4n) is 4.71. The Hall–Kier alpha value is -3.45. The monoisotopic (exact) mass is 480 g/mol. The molecule has 0 amide bonds. The molecule has 0 saturated heterocycles. The number of Topliss-reactive ketones (excluding diaryl/α,β-unsaturated/α-hetero) is 1. The largest absolute Gasteiger partial charge is 0.460 e. The van der Waals surface area contributed by atoms with Gasteiger partial charge in [0, 0.05) is 46.8 Å². The van der Waals surface area contributed by atoms with Gasteiger partial charge in [-0.25, -0.2) is 4.79 Å². The summed E-state index contributed by atoms with van der Waals surface area (Å²) in [6.45, 7) is 5.31. The predicted molar refractivity (Wildman–Crippen MR) is 128 cm³/mol. The van der Waals surface area contributed by atoms with Crippen molar-refractivity contribution in [2.75, 3.05) is 0 Å². The van der Waals surface area contributed by atoms with Crippen molar-refractivity contribution in [2.24, 2.45) is 5.92 Å². The third kappa shape index (κ3) is 4.61. The number of hydrogen-bond acceptors (Lipinski definition) is 6. The molecular weight excluding hydrogens is 456 g/mol. The second kappa shape index (κ2) is 9.43. The Morgan fingerprint density at radius 3 is 2.29 bits per heavy atom. The molecule has 0 saturated carbocycles. The number of allylic oxidation sites excluding steroid dienone is 3. The lowest BCUT2D eigenvalue weighted by atomic mass is 9.68. The van der Waals surface area contributed by atoms with Crippen molar-refractivity contribution in [2.45, 2.75) is 45.1 Å². The highest BCUT2D eigenvalue weighted by Gasteiger charge is 2.45. The third-order valence-electron chi connectivity index (χ3n) is 6.19. The van der Waals surface area contributed by atoms with Crippen LogP contribution in [0, 0.1) is 16.0 Å². The van der Waals surface area contributed by atoms with Crippen LogP contribution >= 0.6 is 11.6 Å². The number of ketones is 1. The summed E-state index contributed by atoms with van der Waals surface area (Å²) in [7, 11) is 0. The molecule has 1 aliphatic carbocycles. The van der Waals surface area contributed by atoms with E-state index in [1.54, 1.807) is 45.0 Å². The first-order valence-electron chi connectivity index (χ1n) is 11.1. The molecule has 176 valence electrons. The maximum atomic E-state index is 13.5. The van der Waals surface area contributed by atoms with Crippen molar-refractivity contribution in [1.29, 1.82) is 0 Å². The van der Waals surface area contributed by atoms with Gasteiger partial charge in [-0.2, -0.15) is 0 Å². The van der Waals surface area contributed by atoms with E-state index in [2.05, 4.69) is 5.32 Å². The van der Waals surface area contributed by atoms with E-state index in [9.17, 15) is 19.7 Å². The van der Waals surface area contributed by atoms with Crippen LogP contribution in [-0.2, 0) is 14.3 Å². The molecule has 1 aliphatic heterocycles. The summed E-state index contributed by atoms with van der Waals surface area (Å²) in [5, 5.41) is 15.0. The average Bonchev–Trinajstić information content (AvgIpc) is 2.78. The Balaban J connectivity index is 1.81. The number of benzene rings is 2. The molecule has 0 spiro atoms. The molecule has 3 atom stereocenters. The summed E-state index contributed by atoms with van der Waals surface area (Å²) in [4.78, 5) is 37.3. The zero-order valence-corrected chi connectivity index (χ0v) is 19.8. The zero-order chi connectivity index (χ0) is 24.6. The Morgan fingerprint density at radius 1 is 1.09 bits per heavy atom. The van der Waals surface area contributed by atoms with E-state index in [1.807, 2.05) is 18.2 Å². The third-order valence-corrected chi connectivity index (χ3v) is 6.44. The van der Waals surface area contributed by atoms with Gasteiger partial charge in [0.05, 0.1) is 22.5 Å². The molecule has 2 aliphatic rings. The van der Waals surface area contributed by atoms with Crippen molar-refractivity contribution in [3.8, 4) is 0 Å². The van der Waals surface area contributed by atoms with Crippen LogP contribution in [-0.4, -0.2) is 22.8 Å². The van der Waals surface area contributed by atoms with Gasteiger partial charge >= 0.3 is 5.97 Å². The van der Waals surface area contributed by atoms with Gasteiger partial charge < -0.3 is 10.1 Å². The van der Waals surface area contributed by atoms with Crippen LogP contribution in [0.3, 0.4) is 0 Å². The van der Waals surface area contributed by atoms with Crippen LogP contribution in [0.1, 0.15) is 50.2 Å². The normalized spacial score (nSPS) is 22.1. The minimum absolute atomic E-state index is 0.0179. The molecular formula is C26H25ClN2O5. The van der Waals surface area contributed by atoms with Crippen molar-refractivity contribution < 1.29 is 19.2 Å². The first-order valence-corrected chi connectivity index (χ1v) is 11.5. The lowest BCUT2D eigenvalue weighted by Gasteiger charge is -2.39. The van der Waals surface area contributed by atoms with Gasteiger partial charge in [-0.15, -0.1) is 0 Å². The van der Waals surface area contributed by atoms with Gasteiger partial charge in [-0.1, -0.05) is 41.9 Å². The maximum Gasteiger partial charge on any atom is 0.336 e. The topological polar surface area (TPSA) is 98.5 Å². The number of nitrogens with one attached hydrogen (secondary N) is 1. The van der Waals surface area contributed by atoms with Crippen LogP contribution < -0.4 is 5.32 Å². The van der Waals surface area contributed by atoms with Crippen LogP contribution in [0.15, 0.2) is 71.6 Å². The molecule has 0 fully saturated rings. The van der Waals surface area contributed by atoms with Crippen molar-refractivity contribution in [3.63, 3.8) is 0 Å². The van der Waals surface area contributed by atoms with Crippen LogP contribution in [0.25, 0.3) is 0 Å².